The molecule has 0 aromatic carbocycles. The lowest BCUT2D eigenvalue weighted by molar-refractivity contribution is -0.360. The minimum atomic E-state index is -6.77. The van der Waals surface area contributed by atoms with Crippen molar-refractivity contribution in [1.29, 1.82) is 0 Å². The molecule has 4 atom stereocenters. The van der Waals surface area contributed by atoms with Crippen molar-refractivity contribution in [3.63, 3.8) is 0 Å². The third kappa shape index (κ3) is 28.2. The van der Waals surface area contributed by atoms with Gasteiger partial charge in [-0.2, -0.15) is 61.5 Å². The van der Waals surface area contributed by atoms with Gasteiger partial charge in [-0.25, -0.2) is 0 Å². The zero-order valence-corrected chi connectivity index (χ0v) is 50.5. The van der Waals surface area contributed by atoms with E-state index in [0.29, 0.717) is 23.5 Å². The maximum absolute atomic E-state index is 14.2. The minimum Gasteiger partial charge on any atom is -0.476 e. The van der Waals surface area contributed by atoms with Crippen LogP contribution >= 0.6 is 63.2 Å². The highest BCUT2D eigenvalue weighted by Crippen LogP contribution is 2.49. The first-order chi connectivity index (χ1) is 37.4. The molecule has 486 valence electrons. The van der Waals surface area contributed by atoms with Crippen molar-refractivity contribution in [2.24, 2.45) is 28.6 Å². The van der Waals surface area contributed by atoms with E-state index in [1.54, 1.807) is 0 Å². The number of halogens is 14. The number of rotatable bonds is 37. The molecule has 83 heavy (non-hydrogen) atoms. The highest BCUT2D eigenvalue weighted by atomic mass is 32.2. The van der Waals surface area contributed by atoms with Crippen LogP contribution in [0.4, 0.5) is 61.5 Å². The van der Waals surface area contributed by atoms with Gasteiger partial charge in [-0.15, -0.1) is 0 Å². The predicted molar refractivity (Wildman–Crippen MR) is 277 cm³/mol. The number of carbonyl (C=O) groups is 5. The summed E-state index contributed by atoms with van der Waals surface area (Å²) >= 11 is 11.4. The van der Waals surface area contributed by atoms with Crippen LogP contribution in [0, 0.1) is 28.6 Å². The van der Waals surface area contributed by atoms with Gasteiger partial charge in [-0.05, 0) is 117 Å². The summed E-state index contributed by atoms with van der Waals surface area (Å²) in [7, 11) is -8.66. The maximum atomic E-state index is 14.2. The van der Waals surface area contributed by atoms with Gasteiger partial charge < -0.3 is 52.7 Å². The van der Waals surface area contributed by atoms with Gasteiger partial charge >= 0.3 is 81.1 Å². The van der Waals surface area contributed by atoms with E-state index in [0.717, 1.165) is 21.0 Å². The fourth-order valence-corrected chi connectivity index (χ4v) is 10.3. The standard InChI is InChI=1S/C45H66F14O18P2S4/c1-26(2)76-36(80)82-24-38(5,34(63)74-22-40(46,47)42(50,51)44(54,55)56)16-8-10-28(32(61)72-18-20-78(65,66)67)12-14-30(31(60)71-7)15-13-29(33(62)73-19-21-79(68,69)70)11-9-17-39(6,25-83-37(81)77-27(3)4)35(64)75-23-41(48,49)43(52,53)45(57,58)59/h26-30H,8-25H2,1-7H3,(H2,65,66,67)(H2,68,69,70). The van der Waals surface area contributed by atoms with Crippen LogP contribution in [0.25, 0.3) is 0 Å². The number of thiocarbonyl (C=S) groups is 2. The van der Waals surface area contributed by atoms with Crippen molar-refractivity contribution in [1.82, 2.24) is 0 Å². The number of hydrogen-bond acceptors (Lipinski definition) is 18. The molecule has 0 aliphatic heterocycles. The van der Waals surface area contributed by atoms with Crippen LogP contribution < -0.4 is 0 Å². The number of alkyl halides is 14. The smallest absolute Gasteiger partial charge is 0.460 e. The topological polar surface area (TPSA) is 265 Å². The number of carbonyl (C=O) groups excluding carboxylic acids is 5. The Morgan fingerprint density at radius 3 is 1.04 bits per heavy atom. The molecule has 0 rings (SSSR count). The van der Waals surface area contributed by atoms with Crippen molar-refractivity contribution in [2.75, 3.05) is 57.4 Å². The lowest BCUT2D eigenvalue weighted by atomic mass is 9.82. The van der Waals surface area contributed by atoms with Crippen LogP contribution in [0.1, 0.15) is 106 Å². The molecule has 0 fully saturated rings. The van der Waals surface area contributed by atoms with Gasteiger partial charge in [0.15, 0.2) is 13.2 Å². The molecular weight excluding hydrogens is 1280 g/mol. The van der Waals surface area contributed by atoms with Crippen molar-refractivity contribution < 1.29 is 147 Å². The average Bonchev–Trinajstić information content (AvgIpc) is 3.53. The van der Waals surface area contributed by atoms with Crippen molar-refractivity contribution in [2.45, 2.75) is 154 Å². The van der Waals surface area contributed by atoms with Gasteiger partial charge in [0.2, 0.25) is 8.77 Å². The lowest BCUT2D eigenvalue weighted by Crippen LogP contribution is -2.54. The largest absolute Gasteiger partial charge is 0.476 e. The molecule has 0 radical (unpaired) electrons. The first kappa shape index (κ1) is 80.2. The molecule has 0 aliphatic rings. The molecule has 0 bridgehead atoms. The Morgan fingerprint density at radius 2 is 0.783 bits per heavy atom. The Hall–Kier alpha value is -2.85. The highest BCUT2D eigenvalue weighted by molar-refractivity contribution is 8.23. The molecule has 0 saturated heterocycles. The quantitative estimate of drug-likeness (QED) is 0.0148. The summed E-state index contributed by atoms with van der Waals surface area (Å²) in [5.41, 5.74) is -4.16. The minimum absolute atomic E-state index is 0.233. The van der Waals surface area contributed by atoms with Crippen molar-refractivity contribution >= 4 is 102 Å². The first-order valence-corrected chi connectivity index (χ1v) is 31.0. The van der Waals surface area contributed by atoms with E-state index in [1.165, 1.54) is 27.7 Å². The van der Waals surface area contributed by atoms with Crippen molar-refractivity contribution in [3.05, 3.63) is 0 Å². The first-order valence-electron chi connectivity index (χ1n) is 24.6. The molecule has 38 heteroatoms. The summed E-state index contributed by atoms with van der Waals surface area (Å²) in [6.45, 7) is 0.956. The molecule has 4 unspecified atom stereocenters. The average molecular weight is 1350 g/mol. The van der Waals surface area contributed by atoms with Crippen LogP contribution in [-0.2, 0) is 66.3 Å². The Morgan fingerprint density at radius 1 is 0.494 bits per heavy atom. The Kier molecular flexibility index (Phi) is 32.3. The summed E-state index contributed by atoms with van der Waals surface area (Å²) in [5.74, 6) is -37.3. The molecule has 0 amide bonds. The van der Waals surface area contributed by atoms with Crippen LogP contribution in [0.5, 0.6) is 0 Å². The maximum Gasteiger partial charge on any atom is 0.460 e. The number of hydrogen-bond donors (Lipinski definition) is 4. The van der Waals surface area contributed by atoms with Gasteiger partial charge in [0.05, 0.1) is 60.2 Å². The van der Waals surface area contributed by atoms with Gasteiger partial charge in [0, 0.05) is 11.5 Å². The second-order valence-electron chi connectivity index (χ2n) is 19.9. The van der Waals surface area contributed by atoms with E-state index in [2.05, 4.69) is 9.47 Å². The Bertz CT molecular complexity index is 2110. The monoisotopic (exact) mass is 1350 g/mol. The third-order valence-electron chi connectivity index (χ3n) is 11.8. The number of ether oxygens (including phenoxy) is 7. The molecule has 0 aliphatic carbocycles. The van der Waals surface area contributed by atoms with Gasteiger partial charge in [0.25, 0.3) is 0 Å². The molecule has 0 saturated carbocycles. The SMILES string of the molecule is COC(=O)C(CCC(CCCC(C)(CSC(=S)OC(C)C)C(=O)OCC(F)(F)C(F)(F)C(F)(F)F)C(=O)OCCP(=O)(O)O)CCC(CCCC(C)(CSC(=S)OC(C)C)C(=O)OCC(F)(F)C(F)(F)C(F)(F)F)C(=O)OCCP(=O)(O)O. The molecule has 0 heterocycles. The molecule has 0 aromatic heterocycles. The summed E-state index contributed by atoms with van der Waals surface area (Å²) in [6, 6.07) is 0. The molecule has 18 nitrogen and oxygen atoms in total. The molecule has 0 aromatic rings. The Balaban J connectivity index is 7.02. The molecular formula is C45H66F14O18P2S4. The van der Waals surface area contributed by atoms with Crippen molar-refractivity contribution in [3.8, 4) is 0 Å². The number of esters is 5. The van der Waals surface area contributed by atoms with Gasteiger partial charge in [-0.1, -0.05) is 36.4 Å². The normalized spacial score (nSPS) is 15.7. The summed E-state index contributed by atoms with van der Waals surface area (Å²) < 4.78 is 246. The Labute approximate surface area is 487 Å². The van der Waals surface area contributed by atoms with E-state index < -0.39 is 211 Å². The summed E-state index contributed by atoms with van der Waals surface area (Å²) in [5, 5.41) is 0. The van der Waals surface area contributed by atoms with Gasteiger partial charge in [-0.3, -0.25) is 33.1 Å². The number of thioether (sulfide) groups is 2. The predicted octanol–water partition coefficient (Wildman–Crippen LogP) is 11.0. The van der Waals surface area contributed by atoms with E-state index in [1.807, 2.05) is 0 Å². The fourth-order valence-electron chi connectivity index (χ4n) is 6.97. The second-order valence-corrected chi connectivity index (χ2v) is 26.6. The van der Waals surface area contributed by atoms with E-state index in [4.69, 9.17) is 48.1 Å². The van der Waals surface area contributed by atoms with E-state index >= 15 is 0 Å². The molecule has 0 spiro atoms. The highest BCUT2D eigenvalue weighted by Gasteiger charge is 2.74. The zero-order chi connectivity index (χ0) is 65.0. The van der Waals surface area contributed by atoms with Crippen LogP contribution in [0.2, 0.25) is 0 Å². The fraction of sp³-hybridized carbons (Fsp3) is 0.844. The number of methoxy groups -OCH3 is 1. The zero-order valence-electron chi connectivity index (χ0n) is 45.4. The van der Waals surface area contributed by atoms with Crippen LogP contribution in [0.3, 0.4) is 0 Å². The van der Waals surface area contributed by atoms with E-state index in [9.17, 15) is 114 Å². The lowest BCUT2D eigenvalue weighted by Gasteiger charge is -2.31. The second kappa shape index (κ2) is 33.5. The van der Waals surface area contributed by atoms with Gasteiger partial charge in [0.1, 0.15) is 13.2 Å². The molecule has 4 N–H and O–H groups in total. The third-order valence-corrected chi connectivity index (χ3v) is 16.5. The van der Waals surface area contributed by atoms with E-state index in [-0.39, 0.29) is 34.4 Å². The summed E-state index contributed by atoms with van der Waals surface area (Å²) in [4.78, 5) is 104. The van der Waals surface area contributed by atoms with Crippen LogP contribution in [-0.4, -0.2) is 164 Å². The summed E-state index contributed by atoms with van der Waals surface area (Å²) in [6.07, 6.45) is -20.8. The van der Waals surface area contributed by atoms with Crippen LogP contribution in [0.15, 0.2) is 0 Å².